The second-order valence-electron chi connectivity index (χ2n) is 8.34. The summed E-state index contributed by atoms with van der Waals surface area (Å²) in [6.07, 6.45) is 1.01. The molecule has 6 nitrogen and oxygen atoms in total. The van der Waals surface area contributed by atoms with E-state index in [1.54, 1.807) is 6.07 Å². The molecule has 0 bridgehead atoms. The Hall–Kier alpha value is -2.32. The molecule has 2 aliphatic heterocycles. The zero-order chi connectivity index (χ0) is 21.4. The minimum Gasteiger partial charge on any atom is -0.390 e. The van der Waals surface area contributed by atoms with E-state index in [4.69, 9.17) is 11.6 Å². The summed E-state index contributed by atoms with van der Waals surface area (Å²) in [5.41, 5.74) is 1.84. The molecule has 8 heteroatoms. The van der Waals surface area contributed by atoms with Crippen molar-refractivity contribution in [2.24, 2.45) is 0 Å². The van der Waals surface area contributed by atoms with E-state index >= 15 is 0 Å². The molecule has 2 atom stereocenters. The molecular weight excluding hydrogens is 417 g/mol. The van der Waals surface area contributed by atoms with E-state index in [0.29, 0.717) is 18.6 Å². The maximum absolute atomic E-state index is 13.6. The Morgan fingerprint density at radius 3 is 2.55 bits per heavy atom. The first-order chi connectivity index (χ1) is 15.1. The first-order valence-electron chi connectivity index (χ1n) is 10.6. The van der Waals surface area contributed by atoms with Crippen molar-refractivity contribution < 1.29 is 9.50 Å². The van der Waals surface area contributed by atoms with Crippen LogP contribution in [0.25, 0.3) is 10.9 Å². The van der Waals surface area contributed by atoms with Crippen LogP contribution >= 0.6 is 11.6 Å². The molecule has 5 rings (SSSR count). The minimum atomic E-state index is -0.451. The van der Waals surface area contributed by atoms with Gasteiger partial charge in [0.25, 0.3) is 0 Å². The number of hydrogen-bond acceptors (Lipinski definition) is 6. The van der Waals surface area contributed by atoms with Crippen LogP contribution in [0.5, 0.6) is 0 Å². The maximum atomic E-state index is 13.6. The number of fused-ring (bicyclic) bond motifs is 1. The molecule has 31 heavy (non-hydrogen) atoms. The molecule has 0 spiro atoms. The molecular formula is C23H25ClFN5O. The van der Waals surface area contributed by atoms with Crippen LogP contribution in [0.3, 0.4) is 0 Å². The molecule has 1 aromatic heterocycles. The van der Waals surface area contributed by atoms with Gasteiger partial charge in [0, 0.05) is 62.3 Å². The number of halogens is 2. The van der Waals surface area contributed by atoms with Crippen molar-refractivity contribution in [3.63, 3.8) is 0 Å². The first kappa shape index (κ1) is 20.6. The predicted octanol–water partition coefficient (Wildman–Crippen LogP) is 2.79. The minimum absolute atomic E-state index is 0.0585. The second-order valence-corrected chi connectivity index (χ2v) is 8.77. The largest absolute Gasteiger partial charge is 0.390 e. The highest BCUT2D eigenvalue weighted by Crippen LogP contribution is 2.28. The number of aromatic nitrogens is 2. The van der Waals surface area contributed by atoms with Gasteiger partial charge >= 0.3 is 0 Å². The number of aliphatic hydroxyl groups is 1. The summed E-state index contributed by atoms with van der Waals surface area (Å²) in [6.45, 7) is 5.87. The zero-order valence-corrected chi connectivity index (χ0v) is 17.9. The van der Waals surface area contributed by atoms with Crippen molar-refractivity contribution >= 4 is 28.3 Å². The van der Waals surface area contributed by atoms with Gasteiger partial charge in [-0.1, -0.05) is 23.7 Å². The third-order valence-corrected chi connectivity index (χ3v) is 6.58. The van der Waals surface area contributed by atoms with Crippen molar-refractivity contribution in [3.05, 3.63) is 65.2 Å². The normalized spacial score (nSPS) is 23.0. The average molecular weight is 442 g/mol. The lowest BCUT2D eigenvalue weighted by Gasteiger charge is -2.38. The molecule has 2 unspecified atom stereocenters. The van der Waals surface area contributed by atoms with Gasteiger partial charge in [-0.3, -0.25) is 9.80 Å². The highest BCUT2D eigenvalue weighted by Gasteiger charge is 2.37. The Kier molecular flexibility index (Phi) is 5.75. The number of piperazine rings is 1. The molecule has 0 aliphatic carbocycles. The lowest BCUT2D eigenvalue weighted by atomic mass is 10.1. The van der Waals surface area contributed by atoms with E-state index in [0.717, 1.165) is 49.0 Å². The van der Waals surface area contributed by atoms with E-state index in [9.17, 15) is 9.50 Å². The predicted molar refractivity (Wildman–Crippen MR) is 120 cm³/mol. The van der Waals surface area contributed by atoms with E-state index in [2.05, 4.69) is 36.8 Å². The van der Waals surface area contributed by atoms with Crippen LogP contribution in [0.15, 0.2) is 48.8 Å². The summed E-state index contributed by atoms with van der Waals surface area (Å²) in [5, 5.41) is 12.4. The standard InChI is InChI=1S/C23H25ClFN5O/c24-17-3-1-16(2-4-17)12-28-7-9-29(10-8-28)21-13-30(14-22(21)31)23-19-6-5-18(25)11-20(19)26-15-27-23/h1-6,11,15,21-22,31H,7-10,12-14H2. The van der Waals surface area contributed by atoms with Crippen molar-refractivity contribution in [1.29, 1.82) is 0 Å². The lowest BCUT2D eigenvalue weighted by molar-refractivity contribution is 0.0424. The number of hydrogen-bond donors (Lipinski definition) is 1. The van der Waals surface area contributed by atoms with Gasteiger partial charge in [0.2, 0.25) is 0 Å². The summed E-state index contributed by atoms with van der Waals surface area (Å²) < 4.78 is 13.6. The van der Waals surface area contributed by atoms with Crippen molar-refractivity contribution in [3.8, 4) is 0 Å². The van der Waals surface area contributed by atoms with Crippen LogP contribution in [-0.2, 0) is 6.54 Å². The number of benzene rings is 2. The Labute approximate surface area is 185 Å². The highest BCUT2D eigenvalue weighted by molar-refractivity contribution is 6.30. The van der Waals surface area contributed by atoms with Crippen LogP contribution < -0.4 is 4.90 Å². The van der Waals surface area contributed by atoms with Crippen molar-refractivity contribution in [1.82, 2.24) is 19.8 Å². The van der Waals surface area contributed by atoms with Gasteiger partial charge in [0.05, 0.1) is 17.7 Å². The van der Waals surface area contributed by atoms with E-state index in [1.165, 1.54) is 24.0 Å². The van der Waals surface area contributed by atoms with Gasteiger partial charge in [-0.15, -0.1) is 0 Å². The van der Waals surface area contributed by atoms with Crippen LogP contribution in [0.2, 0.25) is 5.02 Å². The van der Waals surface area contributed by atoms with Gasteiger partial charge in [-0.05, 0) is 29.8 Å². The molecule has 2 saturated heterocycles. The first-order valence-corrected chi connectivity index (χ1v) is 11.0. The number of aliphatic hydroxyl groups excluding tert-OH is 1. The fourth-order valence-corrected chi connectivity index (χ4v) is 4.80. The quantitative estimate of drug-likeness (QED) is 0.672. The molecule has 0 saturated carbocycles. The lowest BCUT2D eigenvalue weighted by Crippen LogP contribution is -2.53. The summed E-state index contributed by atoms with van der Waals surface area (Å²) in [5.74, 6) is 0.445. The maximum Gasteiger partial charge on any atom is 0.140 e. The average Bonchev–Trinajstić information content (AvgIpc) is 3.16. The van der Waals surface area contributed by atoms with Crippen LogP contribution in [0.4, 0.5) is 10.2 Å². The van der Waals surface area contributed by atoms with Crippen molar-refractivity contribution in [2.75, 3.05) is 44.2 Å². The number of rotatable bonds is 4. The zero-order valence-electron chi connectivity index (χ0n) is 17.2. The smallest absolute Gasteiger partial charge is 0.140 e. The van der Waals surface area contributed by atoms with E-state index in [1.807, 2.05) is 12.1 Å². The third-order valence-electron chi connectivity index (χ3n) is 6.33. The number of anilines is 1. The van der Waals surface area contributed by atoms with Gasteiger partial charge < -0.3 is 10.0 Å². The second kappa shape index (κ2) is 8.67. The molecule has 2 aromatic carbocycles. The molecule has 0 amide bonds. The van der Waals surface area contributed by atoms with Gasteiger partial charge in [0.1, 0.15) is 18.0 Å². The monoisotopic (exact) mass is 441 g/mol. The molecule has 2 aliphatic rings. The van der Waals surface area contributed by atoms with Crippen LogP contribution in [0, 0.1) is 5.82 Å². The summed E-state index contributed by atoms with van der Waals surface area (Å²) in [4.78, 5) is 15.5. The third kappa shape index (κ3) is 4.36. The fourth-order valence-electron chi connectivity index (χ4n) is 4.67. The number of nitrogens with zero attached hydrogens (tertiary/aromatic N) is 5. The van der Waals surface area contributed by atoms with Crippen LogP contribution in [-0.4, -0.2) is 76.3 Å². The summed E-state index contributed by atoms with van der Waals surface area (Å²) >= 11 is 5.98. The Morgan fingerprint density at radius 1 is 1.00 bits per heavy atom. The van der Waals surface area contributed by atoms with E-state index in [-0.39, 0.29) is 11.9 Å². The Morgan fingerprint density at radius 2 is 1.77 bits per heavy atom. The Bertz CT molecular complexity index is 1060. The molecule has 1 N–H and O–H groups in total. The number of β-amino-alcohol motifs (C(OH)–C–C–N with tert-alkyl or cyclic N) is 1. The molecule has 0 radical (unpaired) electrons. The fraction of sp³-hybridized carbons (Fsp3) is 0.391. The molecule has 3 aromatic rings. The highest BCUT2D eigenvalue weighted by atomic mass is 35.5. The van der Waals surface area contributed by atoms with Crippen LogP contribution in [0.1, 0.15) is 5.56 Å². The molecule has 3 heterocycles. The SMILES string of the molecule is OC1CN(c2ncnc3cc(F)ccc23)CC1N1CCN(Cc2ccc(Cl)cc2)CC1. The summed E-state index contributed by atoms with van der Waals surface area (Å²) in [6, 6.07) is 12.6. The Balaban J connectivity index is 1.23. The molecule has 162 valence electrons. The topological polar surface area (TPSA) is 55.7 Å². The van der Waals surface area contributed by atoms with E-state index < -0.39 is 6.10 Å². The van der Waals surface area contributed by atoms with Crippen molar-refractivity contribution in [2.45, 2.75) is 18.7 Å². The van der Waals surface area contributed by atoms with Gasteiger partial charge in [-0.25, -0.2) is 14.4 Å². The van der Waals surface area contributed by atoms with Gasteiger partial charge in [0.15, 0.2) is 0 Å². The molecule has 2 fully saturated rings. The van der Waals surface area contributed by atoms with Gasteiger partial charge in [-0.2, -0.15) is 0 Å². The summed E-state index contributed by atoms with van der Waals surface area (Å²) in [7, 11) is 0.